The fourth-order valence-electron chi connectivity index (χ4n) is 3.69. The number of carbonyl (C=O) groups is 1. The van der Waals surface area contributed by atoms with Crippen LogP contribution in [0, 0.1) is 0 Å². The maximum atomic E-state index is 13.0. The number of likely N-dealkylation sites (N-methyl/N-ethyl adjacent to an activating group) is 1. The highest BCUT2D eigenvalue weighted by atomic mass is 35.5. The summed E-state index contributed by atoms with van der Waals surface area (Å²) in [4.78, 5) is 12.4. The van der Waals surface area contributed by atoms with Gasteiger partial charge in [0.2, 0.25) is 5.91 Å². The number of nitrogens with one attached hydrogen (secondary N) is 2. The molecule has 0 saturated carbocycles. The third kappa shape index (κ3) is 5.90. The second-order valence-electron chi connectivity index (χ2n) is 7.39. The molecule has 2 atom stereocenters. The first kappa shape index (κ1) is 23.8. The van der Waals surface area contributed by atoms with Gasteiger partial charge >= 0.3 is 6.18 Å². The highest BCUT2D eigenvalue weighted by Crippen LogP contribution is 2.35. The molecule has 0 aliphatic heterocycles. The third-order valence-electron chi connectivity index (χ3n) is 5.34. The quantitative estimate of drug-likeness (QED) is 0.435. The van der Waals surface area contributed by atoms with Gasteiger partial charge in [0.05, 0.1) is 5.56 Å². The van der Waals surface area contributed by atoms with Gasteiger partial charge in [-0.1, -0.05) is 72.3 Å². The number of rotatable bonds is 8. The van der Waals surface area contributed by atoms with Crippen LogP contribution in [-0.2, 0) is 11.0 Å². The van der Waals surface area contributed by atoms with Crippen LogP contribution in [0.5, 0.6) is 0 Å². The molecule has 1 amide bonds. The maximum Gasteiger partial charge on any atom is 0.416 e. The molecule has 0 aliphatic rings. The smallest absolute Gasteiger partial charge is 0.358 e. The van der Waals surface area contributed by atoms with Crippen molar-refractivity contribution in [2.45, 2.75) is 24.6 Å². The van der Waals surface area contributed by atoms with Crippen molar-refractivity contribution in [2.24, 2.45) is 0 Å². The molecule has 0 fully saturated rings. The summed E-state index contributed by atoms with van der Waals surface area (Å²) < 4.78 is 39.0. The van der Waals surface area contributed by atoms with Crippen LogP contribution >= 0.6 is 11.6 Å². The Morgan fingerprint density at radius 2 is 1.53 bits per heavy atom. The molecule has 168 valence electrons. The molecule has 0 unspecified atom stereocenters. The van der Waals surface area contributed by atoms with E-state index in [2.05, 4.69) is 10.6 Å². The summed E-state index contributed by atoms with van der Waals surface area (Å²) in [6.07, 6.45) is -3.86. The molecule has 3 rings (SSSR count). The van der Waals surface area contributed by atoms with Crippen LogP contribution < -0.4 is 10.6 Å². The summed E-state index contributed by atoms with van der Waals surface area (Å²) in [5.41, 5.74) is 1.69. The molecule has 2 N–H and O–H groups in total. The van der Waals surface area contributed by atoms with Crippen molar-refractivity contribution in [2.75, 3.05) is 13.6 Å². The first-order valence-electron chi connectivity index (χ1n) is 10.2. The van der Waals surface area contributed by atoms with E-state index >= 15 is 0 Å². The van der Waals surface area contributed by atoms with E-state index in [0.29, 0.717) is 18.0 Å². The fourth-order valence-corrected chi connectivity index (χ4v) is 3.96. The second-order valence-corrected chi connectivity index (χ2v) is 7.80. The zero-order valence-electron chi connectivity index (χ0n) is 17.5. The Balaban J connectivity index is 1.83. The van der Waals surface area contributed by atoms with E-state index in [1.54, 1.807) is 13.1 Å². The topological polar surface area (TPSA) is 41.1 Å². The van der Waals surface area contributed by atoms with Gasteiger partial charge in [0.25, 0.3) is 0 Å². The molecule has 0 spiro atoms. The number of hydrogen-bond acceptors (Lipinski definition) is 2. The van der Waals surface area contributed by atoms with Gasteiger partial charge in [-0.25, -0.2) is 0 Å². The standard InChI is InChI=1S/C25H24ClF3N2O/c1-30-24(32)23(18-7-3-2-4-8-18)31-16-15-20(21-9-5-6-10-22(21)26)17-11-13-19(14-12-17)25(27,28)29/h2-14,20,23,31H,15-16H2,1H3,(H,30,32)/t20-,23+/m0/s1. The van der Waals surface area contributed by atoms with Gasteiger partial charge in [0, 0.05) is 18.0 Å². The molecule has 7 heteroatoms. The lowest BCUT2D eigenvalue weighted by molar-refractivity contribution is -0.137. The molecular formula is C25H24ClF3N2O. The SMILES string of the molecule is CNC(=O)[C@H](NCC[C@@H](c1ccc(C(F)(F)F)cc1)c1ccccc1Cl)c1ccccc1. The number of hydrogen-bond donors (Lipinski definition) is 2. The Morgan fingerprint density at radius 1 is 0.906 bits per heavy atom. The van der Waals surface area contributed by atoms with Crippen molar-refractivity contribution in [3.8, 4) is 0 Å². The first-order valence-corrected chi connectivity index (χ1v) is 10.6. The van der Waals surface area contributed by atoms with Crippen LogP contribution in [-0.4, -0.2) is 19.5 Å². The van der Waals surface area contributed by atoms with E-state index in [4.69, 9.17) is 11.6 Å². The van der Waals surface area contributed by atoms with E-state index in [9.17, 15) is 18.0 Å². The Kier molecular flexibility index (Phi) is 7.94. The van der Waals surface area contributed by atoms with Crippen molar-refractivity contribution in [3.05, 3.63) is 106 Å². The normalized spacial score (nSPS) is 13.4. The van der Waals surface area contributed by atoms with Crippen LogP contribution in [0.1, 0.15) is 40.6 Å². The van der Waals surface area contributed by atoms with E-state index in [-0.39, 0.29) is 11.8 Å². The Morgan fingerprint density at radius 3 is 2.12 bits per heavy atom. The monoisotopic (exact) mass is 460 g/mol. The van der Waals surface area contributed by atoms with Gasteiger partial charge in [-0.15, -0.1) is 0 Å². The first-order chi connectivity index (χ1) is 15.3. The number of amides is 1. The third-order valence-corrected chi connectivity index (χ3v) is 5.69. The minimum absolute atomic E-state index is 0.167. The average Bonchev–Trinajstić information content (AvgIpc) is 2.80. The van der Waals surface area contributed by atoms with Crippen LogP contribution in [0.3, 0.4) is 0 Å². The highest BCUT2D eigenvalue weighted by Gasteiger charge is 2.30. The van der Waals surface area contributed by atoms with E-state index in [1.165, 1.54) is 12.1 Å². The van der Waals surface area contributed by atoms with E-state index in [0.717, 1.165) is 28.8 Å². The minimum Gasteiger partial charge on any atom is -0.358 e. The summed E-state index contributed by atoms with van der Waals surface area (Å²) in [6.45, 7) is 0.448. The van der Waals surface area contributed by atoms with Gasteiger partial charge < -0.3 is 10.6 Å². The van der Waals surface area contributed by atoms with E-state index < -0.39 is 17.8 Å². The molecule has 0 radical (unpaired) electrons. The molecule has 3 aromatic carbocycles. The van der Waals surface area contributed by atoms with Crippen LogP contribution in [0.25, 0.3) is 0 Å². The fraction of sp³-hybridized carbons (Fsp3) is 0.240. The lowest BCUT2D eigenvalue weighted by Gasteiger charge is -2.23. The molecule has 3 aromatic rings. The van der Waals surface area contributed by atoms with Gasteiger partial charge in [0.15, 0.2) is 0 Å². The largest absolute Gasteiger partial charge is 0.416 e. The van der Waals surface area contributed by atoms with Crippen LogP contribution in [0.15, 0.2) is 78.9 Å². The predicted octanol–water partition coefficient (Wildman–Crippen LogP) is 5.96. The minimum atomic E-state index is -4.39. The summed E-state index contributed by atoms with van der Waals surface area (Å²) in [5, 5.41) is 6.49. The summed E-state index contributed by atoms with van der Waals surface area (Å²) in [7, 11) is 1.58. The zero-order chi connectivity index (χ0) is 23.1. The number of alkyl halides is 3. The van der Waals surface area contributed by atoms with Crippen molar-refractivity contribution < 1.29 is 18.0 Å². The van der Waals surface area contributed by atoms with E-state index in [1.807, 2.05) is 48.5 Å². The van der Waals surface area contributed by atoms with Crippen molar-refractivity contribution in [1.29, 1.82) is 0 Å². The Labute approximate surface area is 190 Å². The van der Waals surface area contributed by atoms with Crippen molar-refractivity contribution in [3.63, 3.8) is 0 Å². The summed E-state index contributed by atoms with van der Waals surface area (Å²) >= 11 is 6.42. The van der Waals surface area contributed by atoms with Gasteiger partial charge in [0.1, 0.15) is 6.04 Å². The van der Waals surface area contributed by atoms with Gasteiger partial charge in [-0.05, 0) is 47.9 Å². The zero-order valence-corrected chi connectivity index (χ0v) is 18.3. The summed E-state index contributed by atoms with van der Waals surface area (Å²) in [5.74, 6) is -0.403. The summed E-state index contributed by atoms with van der Waals surface area (Å²) in [6, 6.07) is 21.3. The molecule has 0 aliphatic carbocycles. The number of benzene rings is 3. The molecule has 0 aromatic heterocycles. The Bertz CT molecular complexity index is 1020. The molecule has 0 saturated heterocycles. The molecular weight excluding hydrogens is 437 g/mol. The van der Waals surface area contributed by atoms with Crippen LogP contribution in [0.2, 0.25) is 5.02 Å². The predicted molar refractivity (Wildman–Crippen MR) is 121 cm³/mol. The molecule has 0 bridgehead atoms. The average molecular weight is 461 g/mol. The molecule has 32 heavy (non-hydrogen) atoms. The number of halogens is 4. The van der Waals surface area contributed by atoms with Crippen molar-refractivity contribution >= 4 is 17.5 Å². The van der Waals surface area contributed by atoms with Crippen LogP contribution in [0.4, 0.5) is 13.2 Å². The molecule has 3 nitrogen and oxygen atoms in total. The lowest BCUT2D eigenvalue weighted by Crippen LogP contribution is -2.36. The molecule has 0 heterocycles. The highest BCUT2D eigenvalue weighted by molar-refractivity contribution is 6.31. The van der Waals surface area contributed by atoms with Crippen molar-refractivity contribution in [1.82, 2.24) is 10.6 Å². The van der Waals surface area contributed by atoms with Gasteiger partial charge in [-0.2, -0.15) is 13.2 Å². The van der Waals surface area contributed by atoms with Gasteiger partial charge in [-0.3, -0.25) is 4.79 Å². The number of carbonyl (C=O) groups excluding carboxylic acids is 1. The second kappa shape index (κ2) is 10.7. The Hall–Kier alpha value is -2.83. The lowest BCUT2D eigenvalue weighted by atomic mass is 9.87. The maximum absolute atomic E-state index is 13.0.